The minimum absolute atomic E-state index is 0. The van der Waals surface area contributed by atoms with Crippen LogP contribution in [0.1, 0.15) is 0 Å². The molecule has 1 aromatic rings. The van der Waals surface area contributed by atoms with Gasteiger partial charge < -0.3 is 9.84 Å². The van der Waals surface area contributed by atoms with Crippen LogP contribution in [0, 0.1) is 0 Å². The van der Waals surface area contributed by atoms with Gasteiger partial charge in [-0.05, 0) is 11.4 Å². The van der Waals surface area contributed by atoms with Crippen LogP contribution < -0.4 is 4.74 Å². The predicted molar refractivity (Wildman–Crippen MR) is 32.5 cm³/mol. The minimum atomic E-state index is 0. The van der Waals surface area contributed by atoms with E-state index in [1.165, 1.54) is 18.4 Å². The summed E-state index contributed by atoms with van der Waals surface area (Å²) >= 11 is 1.26. The molecule has 0 bridgehead atoms. The first-order valence-corrected chi connectivity index (χ1v) is 3.03. The molecule has 0 saturated carbocycles. The summed E-state index contributed by atoms with van der Waals surface area (Å²) in [4.78, 5) is 0. The zero-order chi connectivity index (χ0) is 5.98. The Morgan fingerprint density at radius 3 is 2.56 bits per heavy atom. The van der Waals surface area contributed by atoms with E-state index >= 15 is 0 Å². The molecule has 1 N–H and O–H groups in total. The molecule has 0 aromatic carbocycles. The van der Waals surface area contributed by atoms with E-state index in [0.29, 0.717) is 5.75 Å². The molecule has 0 fully saturated rings. The van der Waals surface area contributed by atoms with Gasteiger partial charge in [0.25, 0.3) is 0 Å². The van der Waals surface area contributed by atoms with Crippen LogP contribution in [0.3, 0.4) is 0 Å². The van der Waals surface area contributed by atoms with Gasteiger partial charge in [-0.3, -0.25) is 0 Å². The summed E-state index contributed by atoms with van der Waals surface area (Å²) in [5, 5.41) is 10.9. The Bertz CT molecular complexity index is 175. The van der Waals surface area contributed by atoms with E-state index in [2.05, 4.69) is 0 Å². The number of ether oxygens (including phenoxy) is 1. The fourth-order valence-electron chi connectivity index (χ4n) is 0.445. The molecule has 1 heterocycles. The molecule has 0 atom stereocenters. The number of hydrogen-bond donors (Lipinski definition) is 1. The van der Waals surface area contributed by atoms with Crippen LogP contribution >= 0.6 is 11.3 Å². The van der Waals surface area contributed by atoms with E-state index < -0.39 is 0 Å². The van der Waals surface area contributed by atoms with Gasteiger partial charge in [-0.1, -0.05) is 0 Å². The van der Waals surface area contributed by atoms with Crippen LogP contribution in [-0.4, -0.2) is 12.2 Å². The van der Waals surface area contributed by atoms with Gasteiger partial charge in [-0.15, -0.1) is 11.3 Å². The van der Waals surface area contributed by atoms with Crippen molar-refractivity contribution >= 4 is 11.3 Å². The van der Waals surface area contributed by atoms with E-state index in [4.69, 9.17) is 9.84 Å². The molecule has 2 nitrogen and oxygen atoms in total. The summed E-state index contributed by atoms with van der Waals surface area (Å²) in [5.41, 5.74) is 0. The molecule has 9 heavy (non-hydrogen) atoms. The van der Waals surface area contributed by atoms with Gasteiger partial charge in [-0.2, -0.15) is 0 Å². The fourth-order valence-corrected chi connectivity index (χ4v) is 1.03. The van der Waals surface area contributed by atoms with Crippen molar-refractivity contribution in [3.8, 4) is 10.8 Å². The molecule has 0 aliphatic rings. The van der Waals surface area contributed by atoms with Crippen molar-refractivity contribution in [3.05, 3.63) is 11.4 Å². The molecule has 0 saturated heterocycles. The standard InChI is InChI=1S/C5H6O2S.Zr/c1-7-4-2-3-8-5(4)6;/h2-3,6H,1H3;. The molecule has 0 aliphatic carbocycles. The van der Waals surface area contributed by atoms with Gasteiger partial charge in [-0.25, -0.2) is 0 Å². The Morgan fingerprint density at radius 1 is 1.67 bits per heavy atom. The molecule has 48 valence electrons. The van der Waals surface area contributed by atoms with Crippen molar-refractivity contribution in [3.63, 3.8) is 0 Å². The minimum Gasteiger partial charge on any atom is -0.497 e. The van der Waals surface area contributed by atoms with Crippen molar-refractivity contribution in [2.24, 2.45) is 0 Å². The van der Waals surface area contributed by atoms with Crippen molar-refractivity contribution in [2.75, 3.05) is 7.11 Å². The third-order valence-corrected chi connectivity index (χ3v) is 1.53. The van der Waals surface area contributed by atoms with Crippen molar-refractivity contribution < 1.29 is 36.0 Å². The summed E-state index contributed by atoms with van der Waals surface area (Å²) in [7, 11) is 1.53. The monoisotopic (exact) mass is 220 g/mol. The molecule has 0 unspecified atom stereocenters. The largest absolute Gasteiger partial charge is 0.497 e. The maximum atomic E-state index is 8.84. The number of aromatic hydroxyl groups is 1. The normalized spacial score (nSPS) is 8.11. The average molecular weight is 221 g/mol. The second-order valence-corrected chi connectivity index (χ2v) is 2.19. The summed E-state index contributed by atoms with van der Waals surface area (Å²) < 4.78 is 4.75. The summed E-state index contributed by atoms with van der Waals surface area (Å²) in [5.74, 6) is 0.551. The molecular weight excluding hydrogens is 215 g/mol. The molecule has 0 radical (unpaired) electrons. The summed E-state index contributed by atoms with van der Waals surface area (Å²) in [6.07, 6.45) is 0. The second kappa shape index (κ2) is 4.07. The Balaban J connectivity index is 0.000000640. The number of hydrogen-bond acceptors (Lipinski definition) is 3. The third kappa shape index (κ3) is 2.11. The predicted octanol–water partition coefficient (Wildman–Crippen LogP) is 1.46. The zero-order valence-corrected chi connectivity index (χ0v) is 8.19. The van der Waals surface area contributed by atoms with Crippen molar-refractivity contribution in [1.29, 1.82) is 0 Å². The smallest absolute Gasteiger partial charge is 0.214 e. The topological polar surface area (TPSA) is 29.5 Å². The van der Waals surface area contributed by atoms with Gasteiger partial charge in [0.1, 0.15) is 0 Å². The summed E-state index contributed by atoms with van der Waals surface area (Å²) in [6.45, 7) is 0. The van der Waals surface area contributed by atoms with Crippen LogP contribution in [0.5, 0.6) is 10.8 Å². The first-order chi connectivity index (χ1) is 3.84. The third-order valence-electron chi connectivity index (χ3n) is 0.830. The van der Waals surface area contributed by atoms with Crippen LogP contribution in [0.15, 0.2) is 11.4 Å². The van der Waals surface area contributed by atoms with E-state index in [-0.39, 0.29) is 31.3 Å². The van der Waals surface area contributed by atoms with E-state index in [1.54, 1.807) is 11.4 Å². The van der Waals surface area contributed by atoms with E-state index in [1.807, 2.05) is 0 Å². The molecule has 0 amide bonds. The van der Waals surface area contributed by atoms with Crippen LogP contribution in [-0.2, 0) is 26.2 Å². The first kappa shape index (κ1) is 9.18. The SMILES string of the molecule is COc1ccsc1O.[Zr]. The number of methoxy groups -OCH3 is 1. The Labute approximate surface area is 76.6 Å². The molecule has 0 spiro atoms. The fraction of sp³-hybridized carbons (Fsp3) is 0.200. The van der Waals surface area contributed by atoms with Gasteiger partial charge in [0.2, 0.25) is 5.06 Å². The molecular formula is C5H6O2SZr. The molecule has 1 rings (SSSR count). The van der Waals surface area contributed by atoms with Gasteiger partial charge in [0, 0.05) is 26.2 Å². The Hall–Kier alpha value is 0.183. The summed E-state index contributed by atoms with van der Waals surface area (Å²) in [6, 6.07) is 1.72. The molecule has 4 heteroatoms. The maximum absolute atomic E-state index is 8.84. The van der Waals surface area contributed by atoms with Crippen molar-refractivity contribution in [1.82, 2.24) is 0 Å². The molecule has 1 aromatic heterocycles. The van der Waals surface area contributed by atoms with Crippen LogP contribution in [0.2, 0.25) is 0 Å². The van der Waals surface area contributed by atoms with E-state index in [0.717, 1.165) is 0 Å². The van der Waals surface area contributed by atoms with Crippen molar-refractivity contribution in [2.45, 2.75) is 0 Å². The quantitative estimate of drug-likeness (QED) is 0.778. The Kier molecular flexibility index (Phi) is 4.15. The maximum Gasteiger partial charge on any atom is 0.214 e. The zero-order valence-electron chi connectivity index (χ0n) is 4.92. The second-order valence-electron chi connectivity index (χ2n) is 1.29. The average Bonchev–Trinajstić information content (AvgIpc) is 2.14. The molecule has 0 aliphatic heterocycles. The van der Waals surface area contributed by atoms with E-state index in [9.17, 15) is 0 Å². The van der Waals surface area contributed by atoms with Crippen LogP contribution in [0.4, 0.5) is 0 Å². The van der Waals surface area contributed by atoms with Gasteiger partial charge in [0.15, 0.2) is 5.75 Å². The Morgan fingerprint density at radius 2 is 2.33 bits per heavy atom. The first-order valence-electron chi connectivity index (χ1n) is 2.15. The van der Waals surface area contributed by atoms with Gasteiger partial charge in [0.05, 0.1) is 7.11 Å². The van der Waals surface area contributed by atoms with Gasteiger partial charge >= 0.3 is 0 Å². The number of thiophene rings is 1. The number of rotatable bonds is 1. The van der Waals surface area contributed by atoms with Crippen LogP contribution in [0.25, 0.3) is 0 Å².